The summed E-state index contributed by atoms with van der Waals surface area (Å²) in [4.78, 5) is 69.2. The van der Waals surface area contributed by atoms with E-state index in [1.54, 1.807) is 11.9 Å². The maximum absolute atomic E-state index is 14.7. The van der Waals surface area contributed by atoms with Crippen LogP contribution < -0.4 is 5.73 Å². The predicted octanol–water partition coefficient (Wildman–Crippen LogP) is 1.36. The first-order chi connectivity index (χ1) is 19.3. The Morgan fingerprint density at radius 1 is 1.12 bits per heavy atom. The molecule has 4 N–H and O–H groups in total. The summed E-state index contributed by atoms with van der Waals surface area (Å²) in [7, 11) is 4.51. The van der Waals surface area contributed by atoms with Crippen molar-refractivity contribution in [2.75, 3.05) is 21.1 Å². The number of aliphatic hydroxyl groups is 1. The Morgan fingerprint density at radius 3 is 2.21 bits per heavy atom. The topological polar surface area (TPSA) is 158 Å². The van der Waals surface area contributed by atoms with Crippen LogP contribution >= 0.6 is 0 Å². The number of nitrogens with two attached hydrogens (primary N) is 1. The predicted molar refractivity (Wildman–Crippen MR) is 142 cm³/mol. The summed E-state index contributed by atoms with van der Waals surface area (Å²) in [5.41, 5.74) is -0.121. The van der Waals surface area contributed by atoms with Crippen LogP contribution in [0.2, 0.25) is 0 Å². The standard InChI is InChI=1S/C29H36F3N3O7/c1-11(2)12(3)35(6)10-14-9-17(36)19-15(21(14)29(30,31)32)7-13-8-16-22(34(4)5)24(38)20(27(33)41)26(40)28(16,42)25(39)18(13)23(19)37/h9,11-13,16,18,20,22,36,42H,7-8,10H2,1-6H3,(H2,33,41)/t12-,13-,16-,18?,20?,22-,28-/m0/s1. The molecule has 1 aromatic carbocycles. The number of primary amides is 1. The molecule has 0 heterocycles. The molecule has 13 heteroatoms. The molecule has 0 aliphatic heterocycles. The van der Waals surface area contributed by atoms with Gasteiger partial charge in [-0.15, -0.1) is 0 Å². The lowest BCUT2D eigenvalue weighted by Gasteiger charge is -2.52. The third-order valence-corrected chi connectivity index (χ3v) is 9.51. The third-order valence-electron chi connectivity index (χ3n) is 9.51. The average molecular weight is 596 g/mol. The molecule has 2 unspecified atom stereocenters. The highest BCUT2D eigenvalue weighted by Gasteiger charge is 2.69. The van der Waals surface area contributed by atoms with Gasteiger partial charge in [0.1, 0.15) is 5.75 Å². The number of amides is 1. The number of Topliss-reactive ketones (excluding diaryl/α,β-unsaturated/α-hetero) is 4. The average Bonchev–Trinajstić information content (AvgIpc) is 2.84. The van der Waals surface area contributed by atoms with E-state index < -0.39 is 99.4 Å². The van der Waals surface area contributed by atoms with Gasteiger partial charge in [-0.1, -0.05) is 13.8 Å². The molecule has 0 saturated heterocycles. The highest BCUT2D eigenvalue weighted by Crippen LogP contribution is 2.52. The minimum absolute atomic E-state index is 0.113. The fraction of sp³-hybridized carbons (Fsp3) is 0.621. The molecule has 1 aromatic rings. The molecule has 3 aliphatic rings. The number of alkyl halides is 3. The number of hydrogen-bond donors (Lipinski definition) is 3. The zero-order chi connectivity index (χ0) is 31.8. The van der Waals surface area contributed by atoms with Crippen LogP contribution in [0, 0.1) is 29.6 Å². The van der Waals surface area contributed by atoms with E-state index in [-0.39, 0.29) is 30.5 Å². The van der Waals surface area contributed by atoms with Crippen molar-refractivity contribution >= 4 is 29.0 Å². The molecule has 230 valence electrons. The van der Waals surface area contributed by atoms with Crippen LogP contribution in [-0.4, -0.2) is 87.9 Å². The van der Waals surface area contributed by atoms with Gasteiger partial charge in [-0.3, -0.25) is 33.8 Å². The van der Waals surface area contributed by atoms with Gasteiger partial charge in [-0.2, -0.15) is 13.2 Å². The molecule has 1 amide bonds. The van der Waals surface area contributed by atoms with Crippen molar-refractivity contribution in [1.82, 2.24) is 9.80 Å². The summed E-state index contributed by atoms with van der Waals surface area (Å²) in [5.74, 6) is -13.3. The number of rotatable bonds is 6. The van der Waals surface area contributed by atoms with Crippen LogP contribution in [0.4, 0.5) is 13.2 Å². The summed E-state index contributed by atoms with van der Waals surface area (Å²) in [6, 6.07) is -0.582. The number of halogens is 3. The molecule has 0 radical (unpaired) electrons. The zero-order valence-corrected chi connectivity index (χ0v) is 24.3. The van der Waals surface area contributed by atoms with E-state index in [1.807, 2.05) is 20.8 Å². The van der Waals surface area contributed by atoms with Crippen LogP contribution in [0.5, 0.6) is 5.75 Å². The Hall–Kier alpha value is -3.16. The minimum Gasteiger partial charge on any atom is -0.507 e. The summed E-state index contributed by atoms with van der Waals surface area (Å²) in [5, 5.41) is 22.5. The first-order valence-electron chi connectivity index (χ1n) is 13.8. The van der Waals surface area contributed by atoms with Crippen molar-refractivity contribution in [2.24, 2.45) is 35.3 Å². The lowest BCUT2D eigenvalue weighted by Crippen LogP contribution is -2.74. The number of ketones is 4. The normalized spacial score (nSPS) is 30.5. The number of phenols is 1. The van der Waals surface area contributed by atoms with Crippen molar-refractivity contribution in [2.45, 2.75) is 64.0 Å². The number of likely N-dealkylation sites (N-methyl/N-ethyl adjacent to an activating group) is 1. The Balaban J connectivity index is 1.88. The first kappa shape index (κ1) is 31.8. The van der Waals surface area contributed by atoms with Gasteiger partial charge in [-0.25, -0.2) is 0 Å². The minimum atomic E-state index is -4.92. The summed E-state index contributed by atoms with van der Waals surface area (Å²) in [6.45, 7) is 5.52. The molecule has 10 nitrogen and oxygen atoms in total. The molecule has 2 fully saturated rings. The molecule has 4 rings (SSSR count). The Kier molecular flexibility index (Phi) is 7.96. The lowest BCUT2D eigenvalue weighted by molar-refractivity contribution is -0.181. The maximum Gasteiger partial charge on any atom is 0.417 e. The van der Waals surface area contributed by atoms with Crippen LogP contribution in [-0.2, 0) is 38.3 Å². The summed E-state index contributed by atoms with van der Waals surface area (Å²) >= 11 is 0. The van der Waals surface area contributed by atoms with Gasteiger partial charge in [-0.05, 0) is 69.9 Å². The highest BCUT2D eigenvalue weighted by atomic mass is 19.4. The number of hydrogen-bond acceptors (Lipinski definition) is 9. The molecular formula is C29H36F3N3O7. The van der Waals surface area contributed by atoms with Crippen molar-refractivity contribution in [3.05, 3.63) is 28.3 Å². The summed E-state index contributed by atoms with van der Waals surface area (Å²) in [6.07, 6.45) is -5.72. The monoisotopic (exact) mass is 595 g/mol. The van der Waals surface area contributed by atoms with E-state index in [9.17, 15) is 47.4 Å². The Labute approximate surface area is 241 Å². The number of aromatic hydroxyl groups is 1. The van der Waals surface area contributed by atoms with Gasteiger partial charge < -0.3 is 15.9 Å². The second kappa shape index (κ2) is 10.5. The smallest absolute Gasteiger partial charge is 0.417 e. The molecule has 7 atom stereocenters. The fourth-order valence-corrected chi connectivity index (χ4v) is 7.14. The van der Waals surface area contributed by atoms with Crippen LogP contribution in [0.25, 0.3) is 0 Å². The first-order valence-corrected chi connectivity index (χ1v) is 13.8. The van der Waals surface area contributed by atoms with Crippen molar-refractivity contribution < 1.29 is 47.4 Å². The third kappa shape index (κ3) is 4.65. The molecule has 3 aliphatic carbocycles. The van der Waals surface area contributed by atoms with Gasteiger partial charge in [0.05, 0.1) is 23.1 Å². The molecule has 42 heavy (non-hydrogen) atoms. The lowest BCUT2D eigenvalue weighted by atomic mass is 9.52. The van der Waals surface area contributed by atoms with E-state index in [4.69, 9.17) is 5.73 Å². The van der Waals surface area contributed by atoms with Gasteiger partial charge in [0.15, 0.2) is 34.7 Å². The largest absolute Gasteiger partial charge is 0.507 e. The molecule has 0 aromatic heterocycles. The number of benzene rings is 1. The number of carbonyl (C=O) groups is 5. The quantitative estimate of drug-likeness (QED) is 0.413. The van der Waals surface area contributed by atoms with Gasteiger partial charge in [0.25, 0.3) is 0 Å². The fourth-order valence-electron chi connectivity index (χ4n) is 7.14. The number of fused-ring (bicyclic) bond motifs is 3. The second-order valence-electron chi connectivity index (χ2n) is 12.5. The van der Waals surface area contributed by atoms with Gasteiger partial charge in [0.2, 0.25) is 5.91 Å². The second-order valence-corrected chi connectivity index (χ2v) is 12.5. The van der Waals surface area contributed by atoms with Crippen LogP contribution in [0.3, 0.4) is 0 Å². The molecule has 0 spiro atoms. The zero-order valence-electron chi connectivity index (χ0n) is 24.3. The SMILES string of the molecule is CC(C)[C@H](C)N(C)Cc1cc(O)c2c(c1C(F)(F)F)C[C@H]1C[C@H]3[C@H](N(C)C)C(=O)C(C(N)=O)C(=O)[C@@]3(O)C(=O)C1C2=O. The number of phenolic OH excluding ortho intramolecular Hbond substituents is 1. The van der Waals surface area contributed by atoms with Crippen LogP contribution in [0.15, 0.2) is 6.07 Å². The Morgan fingerprint density at radius 2 is 1.71 bits per heavy atom. The van der Waals surface area contributed by atoms with Crippen molar-refractivity contribution in [3.63, 3.8) is 0 Å². The summed E-state index contributed by atoms with van der Waals surface area (Å²) < 4.78 is 44.0. The van der Waals surface area contributed by atoms with Gasteiger partial charge >= 0.3 is 6.18 Å². The van der Waals surface area contributed by atoms with Crippen molar-refractivity contribution in [1.29, 1.82) is 0 Å². The number of nitrogens with zero attached hydrogens (tertiary/aromatic N) is 2. The van der Waals surface area contributed by atoms with Crippen molar-refractivity contribution in [3.8, 4) is 5.75 Å². The highest BCUT2D eigenvalue weighted by molar-refractivity contribution is 6.32. The Bertz CT molecular complexity index is 1370. The van der Waals surface area contributed by atoms with E-state index in [0.29, 0.717) is 0 Å². The molecular weight excluding hydrogens is 559 g/mol. The molecule has 2 saturated carbocycles. The van der Waals surface area contributed by atoms with E-state index in [2.05, 4.69) is 0 Å². The van der Waals surface area contributed by atoms with E-state index in [1.165, 1.54) is 19.0 Å². The maximum atomic E-state index is 14.7. The van der Waals surface area contributed by atoms with Gasteiger partial charge in [0, 0.05) is 18.5 Å². The van der Waals surface area contributed by atoms with E-state index >= 15 is 0 Å². The van der Waals surface area contributed by atoms with Crippen LogP contribution in [0.1, 0.15) is 54.2 Å². The number of carbonyl (C=O) groups excluding carboxylic acids is 5. The molecule has 0 bridgehead atoms. The van der Waals surface area contributed by atoms with E-state index in [0.717, 1.165) is 6.07 Å².